The van der Waals surface area contributed by atoms with Gasteiger partial charge < -0.3 is 62.6 Å². The third-order valence-corrected chi connectivity index (χ3v) is 18.8. The van der Waals surface area contributed by atoms with Gasteiger partial charge in [0, 0.05) is 57.9 Å². The van der Waals surface area contributed by atoms with Crippen LogP contribution in [0.4, 0.5) is 4.79 Å². The number of hydrogen-bond donors (Lipinski definition) is 2. The van der Waals surface area contributed by atoms with Crippen LogP contribution in [0.1, 0.15) is 162 Å². The molecule has 1 amide bonds. The monoisotopic (exact) mass is 1120 g/mol. The van der Waals surface area contributed by atoms with Gasteiger partial charge in [0.05, 0.1) is 79.7 Å². The number of methoxy groups -OCH3 is 2. The molecule has 2 N–H and O–H groups in total. The molecule has 0 aromatic rings. The summed E-state index contributed by atoms with van der Waals surface area (Å²) >= 11 is 0. The van der Waals surface area contributed by atoms with Crippen molar-refractivity contribution in [3.8, 4) is 0 Å². The number of amides is 1. The van der Waals surface area contributed by atoms with Crippen LogP contribution < -0.4 is 0 Å². The molecular weight excluding hydrogens is 1010 g/mol. The predicted octanol–water partition coefficient (Wildman–Crippen LogP) is 8.73. The molecular formula is C61H109N3O15. The number of ketones is 1. The summed E-state index contributed by atoms with van der Waals surface area (Å²) in [6.45, 7) is 35.0. The number of oxime groups is 1. The molecule has 0 aromatic heterocycles. The highest BCUT2D eigenvalue weighted by atomic mass is 16.6. The smallest absolute Gasteiger partial charge is 0.410 e. The van der Waals surface area contributed by atoms with Gasteiger partial charge in [-0.3, -0.25) is 14.5 Å². The lowest BCUT2D eigenvalue weighted by Crippen LogP contribution is -2.58. The van der Waals surface area contributed by atoms with Crippen LogP contribution in [0.3, 0.4) is 0 Å². The van der Waals surface area contributed by atoms with E-state index in [1.165, 1.54) is 0 Å². The average Bonchev–Trinajstić information content (AvgIpc) is 3.53. The Balaban J connectivity index is 1.70. The predicted molar refractivity (Wildman–Crippen MR) is 302 cm³/mol. The molecule has 1 unspecified atom stereocenters. The quantitative estimate of drug-likeness (QED) is 0.110. The van der Waals surface area contributed by atoms with Crippen LogP contribution in [0.5, 0.6) is 0 Å². The molecule has 0 bridgehead atoms. The molecule has 0 aromatic carbocycles. The van der Waals surface area contributed by atoms with E-state index in [4.69, 9.17) is 47.5 Å². The van der Waals surface area contributed by atoms with Crippen molar-refractivity contribution >= 4 is 23.6 Å². The fraction of sp³-hybridized carbons (Fsp3) is 0.934. The number of ether oxygens (including phenoxy) is 9. The molecule has 79 heavy (non-hydrogen) atoms. The third kappa shape index (κ3) is 17.8. The summed E-state index contributed by atoms with van der Waals surface area (Å²) in [6.07, 6.45) is -5.12. The molecule has 5 fully saturated rings. The third-order valence-electron chi connectivity index (χ3n) is 18.8. The zero-order valence-electron chi connectivity index (χ0n) is 52.0. The Hall–Kier alpha value is -2.52. The Morgan fingerprint density at radius 1 is 0.734 bits per heavy atom. The first-order chi connectivity index (χ1) is 37.2. The van der Waals surface area contributed by atoms with Crippen LogP contribution in [0.2, 0.25) is 0 Å². The van der Waals surface area contributed by atoms with E-state index in [9.17, 15) is 19.8 Å². The number of aliphatic hydroxyl groups is 2. The number of carbonyl (C=O) groups is 3. The Kier molecular flexibility index (Phi) is 26.3. The molecule has 5 saturated heterocycles. The van der Waals surface area contributed by atoms with Crippen molar-refractivity contribution in [2.24, 2.45) is 64.3 Å². The number of esters is 1. The molecule has 0 spiro atoms. The van der Waals surface area contributed by atoms with Gasteiger partial charge in [-0.2, -0.15) is 0 Å². The van der Waals surface area contributed by atoms with Crippen molar-refractivity contribution < 1.29 is 72.1 Å². The molecule has 5 aliphatic heterocycles. The van der Waals surface area contributed by atoms with E-state index >= 15 is 4.79 Å². The number of hydrogen-bond acceptors (Lipinski definition) is 17. The Morgan fingerprint density at radius 2 is 1.38 bits per heavy atom. The van der Waals surface area contributed by atoms with E-state index in [1.54, 1.807) is 33.2 Å². The first-order valence-electron chi connectivity index (χ1n) is 30.4. The number of likely N-dealkylation sites (N-methyl/N-ethyl adjacent to an activating group) is 1. The van der Waals surface area contributed by atoms with Crippen LogP contribution in [0.15, 0.2) is 5.16 Å². The van der Waals surface area contributed by atoms with Crippen molar-refractivity contribution in [3.05, 3.63) is 0 Å². The molecule has 0 aliphatic carbocycles. The number of nitrogens with zero attached hydrogens (tertiary/aromatic N) is 3. The van der Waals surface area contributed by atoms with E-state index in [0.29, 0.717) is 45.2 Å². The number of aliphatic hydroxyl groups excluding tert-OH is 2. The van der Waals surface area contributed by atoms with E-state index in [0.717, 1.165) is 25.2 Å². The SMILES string of the molecule is CCN1C[C@H](C)O[C@@H](C[C@H]2[C@H](C)[C@@H]([C@H](C)[C@H]3C/C(=N/OC)C[C@@H](C)O3)[C@@H](C)C[C@H](OC(=O)N3C[C@@H](C)O[C@@H](C)C3)C(=O)[C@H](C)[C@H](OC(=O)CC(C)C)[C@@H](C)[C@@H]([C@@H](C)CC[C@@H]3O[C@H](C)[C@@H](O)[C@@H](OC)[C@H]3OC)OC(O)[C@@H]2C)C[C@H]1C. The maximum Gasteiger partial charge on any atom is 0.410 e. The molecule has 25 atom stereocenters. The second-order valence-corrected chi connectivity index (χ2v) is 25.7. The first-order valence-corrected chi connectivity index (χ1v) is 30.4. The van der Waals surface area contributed by atoms with E-state index in [2.05, 4.69) is 72.4 Å². The van der Waals surface area contributed by atoms with Gasteiger partial charge >= 0.3 is 12.1 Å². The van der Waals surface area contributed by atoms with Gasteiger partial charge in [-0.25, -0.2) is 4.79 Å². The first kappa shape index (κ1) is 67.3. The lowest BCUT2D eigenvalue weighted by Gasteiger charge is -2.47. The minimum atomic E-state index is -1.30. The van der Waals surface area contributed by atoms with Gasteiger partial charge in [-0.05, 0) is 122 Å². The van der Waals surface area contributed by atoms with Crippen molar-refractivity contribution in [2.75, 3.05) is 47.5 Å². The summed E-state index contributed by atoms with van der Waals surface area (Å²) in [4.78, 5) is 54.0. The second kappa shape index (κ2) is 30.9. The summed E-state index contributed by atoms with van der Waals surface area (Å²) in [5.74, 6) is -4.14. The normalized spacial score (nSPS) is 42.2. The van der Waals surface area contributed by atoms with Crippen molar-refractivity contribution in [3.63, 3.8) is 0 Å². The van der Waals surface area contributed by atoms with Crippen molar-refractivity contribution in [1.82, 2.24) is 9.80 Å². The Morgan fingerprint density at radius 3 is 1.99 bits per heavy atom. The largest absolute Gasteiger partial charge is 0.461 e. The maximum absolute atomic E-state index is 15.8. The fourth-order valence-corrected chi connectivity index (χ4v) is 14.7. The summed E-state index contributed by atoms with van der Waals surface area (Å²) in [6, 6.07) is 0.257. The summed E-state index contributed by atoms with van der Waals surface area (Å²) < 4.78 is 58.3. The fourth-order valence-electron chi connectivity index (χ4n) is 14.7. The molecule has 0 saturated carbocycles. The van der Waals surface area contributed by atoms with E-state index < -0.39 is 84.9 Å². The molecule has 5 aliphatic rings. The zero-order valence-corrected chi connectivity index (χ0v) is 52.0. The van der Waals surface area contributed by atoms with Gasteiger partial charge in [-0.15, -0.1) is 0 Å². The zero-order chi connectivity index (χ0) is 58.7. The van der Waals surface area contributed by atoms with Gasteiger partial charge in [0.25, 0.3) is 0 Å². The lowest BCUT2D eigenvalue weighted by atomic mass is 9.63. The molecule has 18 nitrogen and oxygen atoms in total. The summed E-state index contributed by atoms with van der Waals surface area (Å²) in [5.41, 5.74) is 0.916. The molecule has 18 heteroatoms. The molecule has 0 radical (unpaired) electrons. The highest BCUT2D eigenvalue weighted by Crippen LogP contribution is 2.46. The number of carbonyl (C=O) groups excluding carboxylic acids is 3. The lowest BCUT2D eigenvalue weighted by molar-refractivity contribution is -0.235. The number of morpholine rings is 1. The van der Waals surface area contributed by atoms with Crippen molar-refractivity contribution in [2.45, 2.75) is 260 Å². The van der Waals surface area contributed by atoms with Crippen LogP contribution in [-0.4, -0.2) is 189 Å². The van der Waals surface area contributed by atoms with E-state index in [1.807, 2.05) is 41.5 Å². The summed E-state index contributed by atoms with van der Waals surface area (Å²) in [7, 11) is 4.71. The topological polar surface area (TPSA) is 203 Å². The van der Waals surface area contributed by atoms with Crippen LogP contribution in [0.25, 0.3) is 0 Å². The van der Waals surface area contributed by atoms with Gasteiger partial charge in [-0.1, -0.05) is 74.4 Å². The van der Waals surface area contributed by atoms with Gasteiger partial charge in [0.1, 0.15) is 31.5 Å². The van der Waals surface area contributed by atoms with Crippen molar-refractivity contribution in [1.29, 1.82) is 0 Å². The second-order valence-electron chi connectivity index (χ2n) is 25.7. The standard InChI is InChI=1S/C61H109N3O15/c1-20-63-29-39(10)74-47(25-35(63)6)28-48-40(11)53(42(13)50-27-46(62-72-19)26-36(7)75-50)34(5)24-51(77-61(69)64-30-37(8)73-38(9)31-64)54(66)43(14)57(78-52(65)23-32(2)3)44(15)56(79-60(68)41(48)12)33(4)21-22-49-58(70-17)59(71-18)55(67)45(16)76-49/h32-45,47-51,53,55-60,67-68H,20-31H2,1-19H3/b62-46+/t33-,34-,35+,36+,37-,38+,39-,40-,41+,42+,43-,44-,45+,47+,48-,49-,50+,51-,53-,55+,56+,57-,58-,59+,60?/m0/s1. The summed E-state index contributed by atoms with van der Waals surface area (Å²) in [5, 5.41) is 28.5. The van der Waals surface area contributed by atoms with Gasteiger partial charge in [0.15, 0.2) is 18.2 Å². The average molecular weight is 1120 g/mol. The maximum atomic E-state index is 15.8. The Labute approximate surface area is 475 Å². The molecule has 5 rings (SSSR count). The number of Topliss-reactive ketones (excluding diaryl/α,β-unsaturated/α-hetero) is 1. The van der Waals surface area contributed by atoms with Crippen LogP contribution in [-0.2, 0) is 57.1 Å². The minimum Gasteiger partial charge on any atom is -0.461 e. The van der Waals surface area contributed by atoms with E-state index in [-0.39, 0.29) is 103 Å². The minimum absolute atomic E-state index is 0.0250. The molecule has 5 heterocycles. The highest BCUT2D eigenvalue weighted by Gasteiger charge is 2.50. The van der Waals surface area contributed by atoms with Crippen LogP contribution >= 0.6 is 0 Å². The number of rotatable bonds is 16. The van der Waals surface area contributed by atoms with Gasteiger partial charge in [0.2, 0.25) is 0 Å². The van der Waals surface area contributed by atoms with Crippen LogP contribution in [0, 0.1) is 59.2 Å². The Bertz CT molecular complexity index is 1900. The molecule has 458 valence electrons. The highest BCUT2D eigenvalue weighted by molar-refractivity contribution is 5.88.